The van der Waals surface area contributed by atoms with Gasteiger partial charge in [-0.15, -0.1) is 0 Å². The van der Waals surface area contributed by atoms with Crippen molar-refractivity contribution in [1.82, 2.24) is 0 Å². The first kappa shape index (κ1) is 12.7. The minimum Gasteiger partial charge on any atom is -0.492 e. The predicted molar refractivity (Wildman–Crippen MR) is 74.5 cm³/mol. The highest BCUT2D eigenvalue weighted by Gasteiger charge is 2.31. The molecule has 2 atom stereocenters. The molecule has 0 aromatic heterocycles. The first-order valence-corrected chi connectivity index (χ1v) is 7.32. The van der Waals surface area contributed by atoms with Crippen LogP contribution in [-0.4, -0.2) is 18.4 Å². The number of Topliss-reactive ketones (excluding diaryl/α,β-unsaturated/α-hetero) is 1. The molecule has 0 saturated heterocycles. The van der Waals surface area contributed by atoms with E-state index in [0.717, 1.165) is 49.0 Å². The van der Waals surface area contributed by atoms with Gasteiger partial charge in [0.05, 0.1) is 12.2 Å². The highest BCUT2D eigenvalue weighted by molar-refractivity contribution is 6.01. The second-order valence-corrected chi connectivity index (χ2v) is 5.66. The van der Waals surface area contributed by atoms with Crippen molar-refractivity contribution < 1.29 is 9.53 Å². The van der Waals surface area contributed by atoms with Crippen LogP contribution in [0.3, 0.4) is 0 Å². The van der Waals surface area contributed by atoms with Crippen LogP contribution < -0.4 is 10.5 Å². The van der Waals surface area contributed by atoms with E-state index in [1.165, 1.54) is 6.42 Å². The van der Waals surface area contributed by atoms with Gasteiger partial charge in [-0.05, 0) is 24.5 Å². The van der Waals surface area contributed by atoms with Crippen LogP contribution in [0.1, 0.15) is 48.0 Å². The van der Waals surface area contributed by atoms with Crippen LogP contribution in [0.4, 0.5) is 0 Å². The molecule has 2 unspecified atom stereocenters. The minimum absolute atomic E-state index is 0.00672. The molecule has 3 nitrogen and oxygen atoms in total. The molecular formula is C16H21NO2. The molecule has 0 amide bonds. The van der Waals surface area contributed by atoms with Crippen LogP contribution in [0.15, 0.2) is 18.2 Å². The summed E-state index contributed by atoms with van der Waals surface area (Å²) in [6, 6.07) is 5.91. The lowest BCUT2D eigenvalue weighted by molar-refractivity contribution is 0.0891. The number of hydrogen-bond acceptors (Lipinski definition) is 3. The Morgan fingerprint density at radius 3 is 2.95 bits per heavy atom. The van der Waals surface area contributed by atoms with Gasteiger partial charge in [0.1, 0.15) is 5.75 Å². The van der Waals surface area contributed by atoms with Gasteiger partial charge in [0.15, 0.2) is 5.78 Å². The summed E-state index contributed by atoms with van der Waals surface area (Å²) in [5, 5.41) is 0. The van der Waals surface area contributed by atoms with Crippen molar-refractivity contribution in [2.75, 3.05) is 6.61 Å². The first-order chi connectivity index (χ1) is 9.27. The van der Waals surface area contributed by atoms with Gasteiger partial charge in [-0.3, -0.25) is 4.79 Å². The van der Waals surface area contributed by atoms with Crippen molar-refractivity contribution in [3.05, 3.63) is 29.3 Å². The molecule has 2 N–H and O–H groups in total. The van der Waals surface area contributed by atoms with Crippen LogP contribution in [0.25, 0.3) is 0 Å². The van der Waals surface area contributed by atoms with E-state index in [1.807, 2.05) is 18.2 Å². The van der Waals surface area contributed by atoms with Gasteiger partial charge in [-0.2, -0.15) is 0 Å². The van der Waals surface area contributed by atoms with Crippen LogP contribution in [-0.2, 0) is 6.42 Å². The number of benzene rings is 1. The molecule has 1 aliphatic carbocycles. The van der Waals surface area contributed by atoms with Crippen LogP contribution >= 0.6 is 0 Å². The summed E-state index contributed by atoms with van der Waals surface area (Å²) in [5.74, 6) is 0.968. The molecule has 1 aromatic carbocycles. The molecule has 0 bridgehead atoms. The molecule has 3 rings (SSSR count). The SMILES string of the molecule is NC1CCCCCC1C(=O)c1cccc2c1OCC2. The maximum absolute atomic E-state index is 12.8. The largest absolute Gasteiger partial charge is 0.492 e. The number of carbonyl (C=O) groups is 1. The lowest BCUT2D eigenvalue weighted by Gasteiger charge is -2.21. The number of ketones is 1. The Morgan fingerprint density at radius 2 is 2.05 bits per heavy atom. The molecule has 2 aliphatic rings. The van der Waals surface area contributed by atoms with E-state index in [-0.39, 0.29) is 17.7 Å². The monoisotopic (exact) mass is 259 g/mol. The number of ether oxygens (including phenoxy) is 1. The van der Waals surface area contributed by atoms with E-state index in [4.69, 9.17) is 10.5 Å². The molecule has 3 heteroatoms. The Balaban J connectivity index is 1.89. The molecule has 1 fully saturated rings. The third-order valence-electron chi connectivity index (χ3n) is 4.39. The number of nitrogens with two attached hydrogens (primary N) is 1. The number of carbonyl (C=O) groups excluding carboxylic acids is 1. The molecule has 19 heavy (non-hydrogen) atoms. The molecule has 1 heterocycles. The first-order valence-electron chi connectivity index (χ1n) is 7.32. The maximum Gasteiger partial charge on any atom is 0.171 e. The van der Waals surface area contributed by atoms with Crippen LogP contribution in [0, 0.1) is 5.92 Å². The summed E-state index contributed by atoms with van der Waals surface area (Å²) in [6.45, 7) is 0.691. The summed E-state index contributed by atoms with van der Waals surface area (Å²) in [5.41, 5.74) is 8.11. The molecular weight excluding hydrogens is 238 g/mol. The highest BCUT2D eigenvalue weighted by Crippen LogP contribution is 2.33. The Labute approximate surface area is 114 Å². The molecule has 1 saturated carbocycles. The summed E-state index contributed by atoms with van der Waals surface area (Å²) >= 11 is 0. The predicted octanol–water partition coefficient (Wildman–Crippen LogP) is 2.71. The molecule has 0 spiro atoms. The fourth-order valence-electron chi connectivity index (χ4n) is 3.27. The molecule has 1 aromatic rings. The van der Waals surface area contributed by atoms with Gasteiger partial charge in [0.2, 0.25) is 0 Å². The van der Waals surface area contributed by atoms with Gasteiger partial charge < -0.3 is 10.5 Å². The lowest BCUT2D eigenvalue weighted by atomic mass is 9.87. The van der Waals surface area contributed by atoms with Gasteiger partial charge in [0, 0.05) is 18.4 Å². The Hall–Kier alpha value is -1.35. The molecule has 102 valence electrons. The normalized spacial score (nSPS) is 26.4. The summed E-state index contributed by atoms with van der Waals surface area (Å²) in [7, 11) is 0. The Kier molecular flexibility index (Phi) is 3.56. The van der Waals surface area contributed by atoms with E-state index >= 15 is 0 Å². The van der Waals surface area contributed by atoms with E-state index in [2.05, 4.69) is 0 Å². The van der Waals surface area contributed by atoms with Crippen molar-refractivity contribution in [2.24, 2.45) is 11.7 Å². The summed E-state index contributed by atoms with van der Waals surface area (Å²) < 4.78 is 5.65. The zero-order chi connectivity index (χ0) is 13.2. The van der Waals surface area contributed by atoms with E-state index in [0.29, 0.717) is 6.61 Å². The van der Waals surface area contributed by atoms with Crippen molar-refractivity contribution in [1.29, 1.82) is 0 Å². The Bertz CT molecular complexity index is 484. The smallest absolute Gasteiger partial charge is 0.171 e. The quantitative estimate of drug-likeness (QED) is 0.656. The third kappa shape index (κ3) is 2.39. The average Bonchev–Trinajstić information content (AvgIpc) is 2.80. The Morgan fingerprint density at radius 1 is 1.21 bits per heavy atom. The highest BCUT2D eigenvalue weighted by atomic mass is 16.5. The average molecular weight is 259 g/mol. The van der Waals surface area contributed by atoms with Crippen molar-refractivity contribution in [2.45, 2.75) is 44.6 Å². The number of rotatable bonds is 2. The van der Waals surface area contributed by atoms with Crippen molar-refractivity contribution in [3.63, 3.8) is 0 Å². The van der Waals surface area contributed by atoms with Crippen LogP contribution in [0.2, 0.25) is 0 Å². The standard InChI is InChI=1S/C16H21NO2/c17-14-8-3-1-2-6-12(14)15(18)13-7-4-5-11-9-10-19-16(11)13/h4-5,7,12,14H,1-3,6,8-10,17H2. The number of fused-ring (bicyclic) bond motifs is 1. The van der Waals surface area contributed by atoms with E-state index in [1.54, 1.807) is 0 Å². The van der Waals surface area contributed by atoms with Gasteiger partial charge >= 0.3 is 0 Å². The number of hydrogen-bond donors (Lipinski definition) is 1. The lowest BCUT2D eigenvalue weighted by Crippen LogP contribution is -2.34. The zero-order valence-corrected chi connectivity index (χ0v) is 11.2. The second-order valence-electron chi connectivity index (χ2n) is 5.66. The van der Waals surface area contributed by atoms with Gasteiger partial charge in [0.25, 0.3) is 0 Å². The second kappa shape index (κ2) is 5.33. The van der Waals surface area contributed by atoms with Crippen molar-refractivity contribution >= 4 is 5.78 Å². The zero-order valence-electron chi connectivity index (χ0n) is 11.2. The maximum atomic E-state index is 12.8. The van der Waals surface area contributed by atoms with Gasteiger partial charge in [-0.1, -0.05) is 31.4 Å². The topological polar surface area (TPSA) is 52.3 Å². The summed E-state index contributed by atoms with van der Waals surface area (Å²) in [4.78, 5) is 12.8. The molecule has 1 aliphatic heterocycles. The summed E-state index contributed by atoms with van der Waals surface area (Å²) in [6.07, 6.45) is 6.25. The fourth-order valence-corrected chi connectivity index (χ4v) is 3.27. The third-order valence-corrected chi connectivity index (χ3v) is 4.39. The van der Waals surface area contributed by atoms with E-state index in [9.17, 15) is 4.79 Å². The van der Waals surface area contributed by atoms with Crippen molar-refractivity contribution in [3.8, 4) is 5.75 Å². The minimum atomic E-state index is -0.0294. The fraction of sp³-hybridized carbons (Fsp3) is 0.562. The van der Waals surface area contributed by atoms with Gasteiger partial charge in [-0.25, -0.2) is 0 Å². The number of para-hydroxylation sites is 1. The van der Waals surface area contributed by atoms with Crippen LogP contribution in [0.5, 0.6) is 5.75 Å². The molecule has 0 radical (unpaired) electrons. The van der Waals surface area contributed by atoms with E-state index < -0.39 is 0 Å².